The Hall–Kier alpha value is -3.35. The summed E-state index contributed by atoms with van der Waals surface area (Å²) in [6.45, 7) is 8.77. The molecule has 7 heteroatoms. The predicted molar refractivity (Wildman–Crippen MR) is 125 cm³/mol. The minimum atomic E-state index is -0.499. The number of benzene rings is 2. The Balaban J connectivity index is 1.66. The van der Waals surface area contributed by atoms with Crippen molar-refractivity contribution in [2.24, 2.45) is 11.8 Å². The number of carbonyl (C=O) groups excluding carboxylic acids is 3. The van der Waals surface area contributed by atoms with E-state index in [0.717, 1.165) is 11.4 Å². The molecule has 1 saturated heterocycles. The van der Waals surface area contributed by atoms with Crippen LogP contribution < -0.4 is 20.3 Å². The molecule has 1 fully saturated rings. The molecular weight excluding hydrogens is 406 g/mol. The van der Waals surface area contributed by atoms with Crippen molar-refractivity contribution in [2.45, 2.75) is 40.2 Å². The number of amides is 3. The van der Waals surface area contributed by atoms with E-state index < -0.39 is 5.92 Å². The van der Waals surface area contributed by atoms with Crippen LogP contribution in [-0.2, 0) is 9.59 Å². The molecule has 0 saturated carbocycles. The molecule has 0 unspecified atom stereocenters. The maximum atomic E-state index is 12.9. The van der Waals surface area contributed by atoms with Gasteiger partial charge in [0.2, 0.25) is 11.8 Å². The van der Waals surface area contributed by atoms with Crippen molar-refractivity contribution < 1.29 is 19.1 Å². The van der Waals surface area contributed by atoms with Gasteiger partial charge in [0, 0.05) is 25.2 Å². The summed E-state index contributed by atoms with van der Waals surface area (Å²) in [5, 5.41) is 5.72. The molecule has 2 aromatic rings. The van der Waals surface area contributed by atoms with Crippen LogP contribution in [0.4, 0.5) is 11.4 Å². The second-order valence-electron chi connectivity index (χ2n) is 8.70. The van der Waals surface area contributed by atoms with E-state index in [1.165, 1.54) is 0 Å². The Kier molecular flexibility index (Phi) is 7.51. The van der Waals surface area contributed by atoms with Crippen molar-refractivity contribution in [1.82, 2.24) is 5.32 Å². The van der Waals surface area contributed by atoms with E-state index >= 15 is 0 Å². The molecule has 0 aliphatic carbocycles. The minimum absolute atomic E-state index is 0.0673. The van der Waals surface area contributed by atoms with E-state index in [-0.39, 0.29) is 36.8 Å². The Labute approximate surface area is 189 Å². The molecule has 170 valence electrons. The highest BCUT2D eigenvalue weighted by Gasteiger charge is 2.35. The summed E-state index contributed by atoms with van der Waals surface area (Å²) in [5.74, 6) is -0.0575. The number of nitrogens with one attached hydrogen (secondary N) is 2. The fraction of sp³-hybridized carbons (Fsp3) is 0.400. The maximum Gasteiger partial charge on any atom is 0.253 e. The van der Waals surface area contributed by atoms with E-state index in [0.29, 0.717) is 23.7 Å². The molecule has 3 amide bonds. The van der Waals surface area contributed by atoms with Gasteiger partial charge in [-0.15, -0.1) is 0 Å². The lowest BCUT2D eigenvalue weighted by Crippen LogP contribution is -2.30. The first-order valence-corrected chi connectivity index (χ1v) is 11.0. The third-order valence-electron chi connectivity index (χ3n) is 5.12. The van der Waals surface area contributed by atoms with Crippen molar-refractivity contribution in [1.29, 1.82) is 0 Å². The fourth-order valence-corrected chi connectivity index (χ4v) is 3.53. The van der Waals surface area contributed by atoms with Crippen molar-refractivity contribution in [3.63, 3.8) is 0 Å². The summed E-state index contributed by atoms with van der Waals surface area (Å²) in [5.41, 5.74) is 1.58. The molecule has 3 rings (SSSR count). The Morgan fingerprint density at radius 1 is 1.06 bits per heavy atom. The fourth-order valence-electron chi connectivity index (χ4n) is 3.53. The third-order valence-corrected chi connectivity index (χ3v) is 5.12. The molecule has 1 aliphatic heterocycles. The molecular formula is C25H31N3O4. The monoisotopic (exact) mass is 437 g/mol. The lowest BCUT2D eigenvalue weighted by Gasteiger charge is -2.18. The summed E-state index contributed by atoms with van der Waals surface area (Å²) in [7, 11) is 0. The van der Waals surface area contributed by atoms with Gasteiger partial charge in [-0.3, -0.25) is 14.4 Å². The molecule has 2 aromatic carbocycles. The first kappa shape index (κ1) is 23.3. The normalized spacial score (nSPS) is 15.9. The van der Waals surface area contributed by atoms with E-state index in [4.69, 9.17) is 4.74 Å². The van der Waals surface area contributed by atoms with E-state index in [2.05, 4.69) is 10.6 Å². The number of ether oxygens (including phenoxy) is 1. The van der Waals surface area contributed by atoms with Gasteiger partial charge in [-0.2, -0.15) is 0 Å². The van der Waals surface area contributed by atoms with Crippen LogP contribution in [-0.4, -0.2) is 36.9 Å². The van der Waals surface area contributed by atoms with Crippen LogP contribution >= 0.6 is 0 Å². The Morgan fingerprint density at radius 3 is 2.41 bits per heavy atom. The number of rotatable bonds is 8. The highest BCUT2D eigenvalue weighted by atomic mass is 16.5. The number of carbonyl (C=O) groups is 3. The lowest BCUT2D eigenvalue weighted by atomic mass is 10.1. The van der Waals surface area contributed by atoms with E-state index in [1.807, 2.05) is 52.0 Å². The van der Waals surface area contributed by atoms with E-state index in [1.54, 1.807) is 29.2 Å². The summed E-state index contributed by atoms with van der Waals surface area (Å²) in [4.78, 5) is 39.6. The molecule has 0 spiro atoms. The van der Waals surface area contributed by atoms with Crippen LogP contribution in [0.25, 0.3) is 0 Å². The van der Waals surface area contributed by atoms with Crippen LogP contribution in [0.3, 0.4) is 0 Å². The zero-order valence-electron chi connectivity index (χ0n) is 19.1. The van der Waals surface area contributed by atoms with Gasteiger partial charge in [0.1, 0.15) is 5.75 Å². The largest absolute Gasteiger partial charge is 0.491 e. The third kappa shape index (κ3) is 5.87. The zero-order chi connectivity index (χ0) is 23.3. The van der Waals surface area contributed by atoms with Crippen molar-refractivity contribution in [3.05, 3.63) is 54.1 Å². The molecule has 32 heavy (non-hydrogen) atoms. The van der Waals surface area contributed by atoms with Crippen LogP contribution in [0.15, 0.2) is 48.5 Å². The Morgan fingerprint density at radius 2 is 1.75 bits per heavy atom. The summed E-state index contributed by atoms with van der Waals surface area (Å²) < 4.78 is 5.64. The van der Waals surface area contributed by atoms with Crippen LogP contribution in [0.2, 0.25) is 0 Å². The first-order valence-electron chi connectivity index (χ1n) is 11.0. The van der Waals surface area contributed by atoms with Crippen molar-refractivity contribution in [2.75, 3.05) is 23.3 Å². The smallest absolute Gasteiger partial charge is 0.253 e. The SMILES string of the molecule is CC(C)CNC(=O)c1ccccc1NC(=O)[C@H]1CC(=O)N(c2ccc(OC(C)C)cc2)C1. The molecule has 0 aromatic heterocycles. The molecule has 1 heterocycles. The zero-order valence-corrected chi connectivity index (χ0v) is 19.1. The van der Waals surface area contributed by atoms with Gasteiger partial charge in [-0.05, 0) is 56.2 Å². The van der Waals surface area contributed by atoms with E-state index in [9.17, 15) is 14.4 Å². The van der Waals surface area contributed by atoms with Crippen molar-refractivity contribution in [3.8, 4) is 5.75 Å². The quantitative estimate of drug-likeness (QED) is 0.657. The van der Waals surface area contributed by atoms with Crippen LogP contribution in [0.1, 0.15) is 44.5 Å². The average molecular weight is 438 g/mol. The lowest BCUT2D eigenvalue weighted by molar-refractivity contribution is -0.122. The molecule has 1 atom stereocenters. The maximum absolute atomic E-state index is 12.9. The number of anilines is 2. The molecule has 0 radical (unpaired) electrons. The predicted octanol–water partition coefficient (Wildman–Crippen LogP) is 3.85. The summed E-state index contributed by atoms with van der Waals surface area (Å²) in [6, 6.07) is 14.2. The second kappa shape index (κ2) is 10.3. The van der Waals surface area contributed by atoms with Gasteiger partial charge < -0.3 is 20.3 Å². The first-order chi connectivity index (χ1) is 15.2. The van der Waals surface area contributed by atoms with Gasteiger partial charge in [0.15, 0.2) is 0 Å². The number of para-hydroxylation sites is 1. The van der Waals surface area contributed by atoms with Gasteiger partial charge in [0.25, 0.3) is 5.91 Å². The van der Waals surface area contributed by atoms with Crippen LogP contribution in [0.5, 0.6) is 5.75 Å². The van der Waals surface area contributed by atoms with Gasteiger partial charge in [-0.25, -0.2) is 0 Å². The Bertz CT molecular complexity index is 969. The highest BCUT2D eigenvalue weighted by Crippen LogP contribution is 2.28. The number of hydrogen-bond acceptors (Lipinski definition) is 4. The molecule has 7 nitrogen and oxygen atoms in total. The second-order valence-corrected chi connectivity index (χ2v) is 8.70. The number of hydrogen-bond donors (Lipinski definition) is 2. The molecule has 1 aliphatic rings. The summed E-state index contributed by atoms with van der Waals surface area (Å²) >= 11 is 0. The van der Waals surface area contributed by atoms with Gasteiger partial charge in [-0.1, -0.05) is 26.0 Å². The molecule has 2 N–H and O–H groups in total. The standard InChI is InChI=1S/C25H31N3O4/c1-16(2)14-26-25(31)21-7-5-6-8-22(21)27-24(30)18-13-23(29)28(15-18)19-9-11-20(12-10-19)32-17(3)4/h5-12,16-18H,13-15H2,1-4H3,(H,26,31)(H,27,30)/t18-/m0/s1. The van der Waals surface area contributed by atoms with Crippen molar-refractivity contribution >= 4 is 29.1 Å². The molecule has 0 bridgehead atoms. The number of nitrogens with zero attached hydrogens (tertiary/aromatic N) is 1. The topological polar surface area (TPSA) is 87.7 Å². The average Bonchev–Trinajstić information content (AvgIpc) is 3.14. The summed E-state index contributed by atoms with van der Waals surface area (Å²) in [6.07, 6.45) is 0.190. The van der Waals surface area contributed by atoms with Gasteiger partial charge >= 0.3 is 0 Å². The highest BCUT2D eigenvalue weighted by molar-refractivity contribution is 6.07. The van der Waals surface area contributed by atoms with Gasteiger partial charge in [0.05, 0.1) is 23.3 Å². The minimum Gasteiger partial charge on any atom is -0.491 e. The van der Waals surface area contributed by atoms with Crippen LogP contribution in [0, 0.1) is 11.8 Å².